The molecule has 0 aliphatic rings. The van der Waals surface area contributed by atoms with Gasteiger partial charge in [0, 0.05) is 57.4 Å². The summed E-state index contributed by atoms with van der Waals surface area (Å²) in [7, 11) is 0. The third-order valence-electron chi connectivity index (χ3n) is 9.44. The largest absolute Gasteiger partial charge is 0.310 e. The smallest absolute Gasteiger partial charge is 0.0468 e. The molecule has 0 saturated heterocycles. The quantitative estimate of drug-likeness (QED) is 0.174. The fourth-order valence-corrected chi connectivity index (χ4v) is 9.74. The predicted octanol–water partition coefficient (Wildman–Crippen LogP) is 13.9. The van der Waals surface area contributed by atoms with Crippen molar-refractivity contribution < 1.29 is 0 Å². The molecule has 8 aromatic carbocycles. The molecule has 47 heavy (non-hydrogen) atoms. The SMILES string of the molecule is c1ccc(N(c2ccc(-c3cccc4sc5ccc6c7ccccc7sc6c5c34)cc2)c2ccc3c(ccc4ccccc43)c2)cc1. The molecule has 2 heterocycles. The summed E-state index contributed by atoms with van der Waals surface area (Å²) < 4.78 is 5.42. The van der Waals surface area contributed by atoms with Gasteiger partial charge in [-0.2, -0.15) is 0 Å². The van der Waals surface area contributed by atoms with Crippen molar-refractivity contribution in [3.05, 3.63) is 164 Å². The maximum Gasteiger partial charge on any atom is 0.0468 e. The minimum absolute atomic E-state index is 1.13. The molecule has 10 aromatic rings. The van der Waals surface area contributed by atoms with Crippen molar-refractivity contribution in [3.63, 3.8) is 0 Å². The van der Waals surface area contributed by atoms with Gasteiger partial charge in [-0.3, -0.25) is 0 Å². The van der Waals surface area contributed by atoms with Gasteiger partial charge >= 0.3 is 0 Å². The first kappa shape index (κ1) is 26.7. The lowest BCUT2D eigenvalue weighted by atomic mass is 9.98. The number of rotatable bonds is 4. The Hall–Kier alpha value is -5.48. The van der Waals surface area contributed by atoms with Gasteiger partial charge in [0.05, 0.1) is 0 Å². The first-order valence-electron chi connectivity index (χ1n) is 15.9. The van der Waals surface area contributed by atoms with Crippen LogP contribution in [0.4, 0.5) is 17.1 Å². The number of hydrogen-bond acceptors (Lipinski definition) is 3. The number of hydrogen-bond donors (Lipinski definition) is 0. The second-order valence-electron chi connectivity index (χ2n) is 12.1. The van der Waals surface area contributed by atoms with Crippen LogP contribution in [0.2, 0.25) is 0 Å². The Balaban J connectivity index is 1.13. The zero-order valence-corrected chi connectivity index (χ0v) is 27.0. The highest BCUT2D eigenvalue weighted by molar-refractivity contribution is 7.29. The molecule has 0 unspecified atom stereocenters. The van der Waals surface area contributed by atoms with Gasteiger partial charge in [0.1, 0.15) is 0 Å². The fraction of sp³-hybridized carbons (Fsp3) is 0. The van der Waals surface area contributed by atoms with Crippen molar-refractivity contribution in [2.45, 2.75) is 0 Å². The molecule has 0 amide bonds. The average Bonchev–Trinajstić information content (AvgIpc) is 3.71. The lowest BCUT2D eigenvalue weighted by Crippen LogP contribution is -2.09. The van der Waals surface area contributed by atoms with Crippen LogP contribution >= 0.6 is 22.7 Å². The van der Waals surface area contributed by atoms with Crippen LogP contribution in [0.25, 0.3) is 73.0 Å². The number of fused-ring (bicyclic) bond motifs is 10. The maximum absolute atomic E-state index is 2.36. The molecule has 2 aromatic heterocycles. The minimum atomic E-state index is 1.13. The molecule has 0 spiro atoms. The van der Waals surface area contributed by atoms with Crippen LogP contribution in [-0.4, -0.2) is 0 Å². The number of para-hydroxylation sites is 1. The Morgan fingerprint density at radius 2 is 1.02 bits per heavy atom. The van der Waals surface area contributed by atoms with Crippen molar-refractivity contribution in [2.75, 3.05) is 4.90 Å². The number of anilines is 3. The highest BCUT2D eigenvalue weighted by Gasteiger charge is 2.18. The summed E-state index contributed by atoms with van der Waals surface area (Å²) in [5.74, 6) is 0. The summed E-state index contributed by atoms with van der Waals surface area (Å²) in [5.41, 5.74) is 5.93. The van der Waals surface area contributed by atoms with E-state index < -0.39 is 0 Å². The Morgan fingerprint density at radius 1 is 0.362 bits per heavy atom. The molecule has 0 bridgehead atoms. The molecule has 1 nitrogen and oxygen atoms in total. The van der Waals surface area contributed by atoms with Crippen LogP contribution < -0.4 is 4.90 Å². The minimum Gasteiger partial charge on any atom is -0.310 e. The monoisotopic (exact) mass is 633 g/mol. The van der Waals surface area contributed by atoms with E-state index in [0.717, 1.165) is 17.1 Å². The van der Waals surface area contributed by atoms with E-state index in [1.807, 2.05) is 22.7 Å². The van der Waals surface area contributed by atoms with Crippen molar-refractivity contribution in [3.8, 4) is 11.1 Å². The lowest BCUT2D eigenvalue weighted by molar-refractivity contribution is 1.29. The molecule has 0 atom stereocenters. The molecule has 3 heteroatoms. The van der Waals surface area contributed by atoms with Crippen molar-refractivity contribution in [1.82, 2.24) is 0 Å². The van der Waals surface area contributed by atoms with E-state index in [2.05, 4.69) is 169 Å². The summed E-state index contributed by atoms with van der Waals surface area (Å²) in [5, 5.41) is 10.5. The van der Waals surface area contributed by atoms with Crippen LogP contribution in [0, 0.1) is 0 Å². The van der Waals surface area contributed by atoms with Crippen LogP contribution in [0.5, 0.6) is 0 Å². The summed E-state index contributed by atoms with van der Waals surface area (Å²) >= 11 is 3.81. The van der Waals surface area contributed by atoms with E-state index in [4.69, 9.17) is 0 Å². The Bertz CT molecular complexity index is 2790. The second kappa shape index (κ2) is 10.5. The topological polar surface area (TPSA) is 3.24 Å². The molecule has 0 aliphatic carbocycles. The summed E-state index contributed by atoms with van der Waals surface area (Å²) in [6.07, 6.45) is 0. The lowest BCUT2D eigenvalue weighted by Gasteiger charge is -2.26. The number of benzene rings is 8. The Kier molecular flexibility index (Phi) is 5.98. The molecule has 0 N–H and O–H groups in total. The van der Waals surface area contributed by atoms with Crippen molar-refractivity contribution in [2.24, 2.45) is 0 Å². The van der Waals surface area contributed by atoms with Gasteiger partial charge in [-0.05, 0) is 87.3 Å². The van der Waals surface area contributed by atoms with E-state index in [9.17, 15) is 0 Å². The van der Waals surface area contributed by atoms with E-state index in [1.54, 1.807) is 0 Å². The molecule has 0 aliphatic heterocycles. The summed E-state index contributed by atoms with van der Waals surface area (Å²) in [6.45, 7) is 0. The predicted molar refractivity (Wildman–Crippen MR) is 207 cm³/mol. The third-order valence-corrected chi connectivity index (χ3v) is 11.8. The van der Waals surface area contributed by atoms with Crippen LogP contribution in [0.15, 0.2) is 164 Å². The molecular weight excluding hydrogens is 607 g/mol. The molecule has 0 fully saturated rings. The highest BCUT2D eigenvalue weighted by Crippen LogP contribution is 2.47. The maximum atomic E-state index is 2.36. The van der Waals surface area contributed by atoms with Gasteiger partial charge in [-0.1, -0.05) is 109 Å². The van der Waals surface area contributed by atoms with Gasteiger partial charge in [0.15, 0.2) is 0 Å². The van der Waals surface area contributed by atoms with Crippen LogP contribution in [-0.2, 0) is 0 Å². The van der Waals surface area contributed by atoms with Gasteiger partial charge in [0.2, 0.25) is 0 Å². The molecule has 10 rings (SSSR count). The molecule has 0 radical (unpaired) electrons. The first-order chi connectivity index (χ1) is 23.3. The van der Waals surface area contributed by atoms with E-state index in [-0.39, 0.29) is 0 Å². The highest BCUT2D eigenvalue weighted by atomic mass is 32.1. The first-order valence-corrected chi connectivity index (χ1v) is 17.6. The van der Waals surface area contributed by atoms with Gasteiger partial charge < -0.3 is 4.90 Å². The molecular formula is C44H27NS2. The van der Waals surface area contributed by atoms with Crippen LogP contribution in [0.1, 0.15) is 0 Å². The third kappa shape index (κ3) is 4.21. The Labute approximate surface area is 280 Å². The second-order valence-corrected chi connectivity index (χ2v) is 14.2. The van der Waals surface area contributed by atoms with Crippen molar-refractivity contribution in [1.29, 1.82) is 0 Å². The average molecular weight is 634 g/mol. The van der Waals surface area contributed by atoms with Gasteiger partial charge in [-0.15, -0.1) is 22.7 Å². The zero-order chi connectivity index (χ0) is 30.9. The van der Waals surface area contributed by atoms with E-state index >= 15 is 0 Å². The number of nitrogens with zero attached hydrogens (tertiary/aromatic N) is 1. The van der Waals surface area contributed by atoms with Gasteiger partial charge in [-0.25, -0.2) is 0 Å². The van der Waals surface area contributed by atoms with E-state index in [0.29, 0.717) is 0 Å². The summed E-state index contributed by atoms with van der Waals surface area (Å²) in [4.78, 5) is 2.36. The fourth-order valence-electron chi connectivity index (χ4n) is 7.28. The Morgan fingerprint density at radius 3 is 1.91 bits per heavy atom. The van der Waals surface area contributed by atoms with E-state index in [1.165, 1.54) is 73.0 Å². The zero-order valence-electron chi connectivity index (χ0n) is 25.4. The summed E-state index contributed by atoms with van der Waals surface area (Å²) in [6, 6.07) is 60.0. The normalized spacial score (nSPS) is 11.8. The number of thiophene rings is 2. The molecule has 220 valence electrons. The standard InChI is InChI=1S/C44H27NS2/c1-2-10-31(11-3-1)45(33-23-24-35-30(27-33)18-17-28-9-4-5-12-34(28)35)32-21-19-29(20-22-32)36-14-8-16-40-42(36)43-41(46-40)26-25-38-37-13-6-7-15-39(37)47-44(38)43/h1-27H. The van der Waals surface area contributed by atoms with Gasteiger partial charge in [0.25, 0.3) is 0 Å². The van der Waals surface area contributed by atoms with Crippen LogP contribution in [0.3, 0.4) is 0 Å². The van der Waals surface area contributed by atoms with Crippen molar-refractivity contribution >= 4 is 102 Å². The molecule has 0 saturated carbocycles.